The van der Waals surface area contributed by atoms with E-state index in [4.69, 9.17) is 9.97 Å². The molecule has 0 aliphatic rings. The summed E-state index contributed by atoms with van der Waals surface area (Å²) in [6, 6.07) is 48.9. The van der Waals surface area contributed by atoms with E-state index in [1.165, 1.54) is 22.3 Å². The lowest BCUT2D eigenvalue weighted by molar-refractivity contribution is 1.37. The van der Waals surface area contributed by atoms with Crippen molar-refractivity contribution in [3.63, 3.8) is 0 Å². The van der Waals surface area contributed by atoms with Crippen molar-refractivity contribution in [3.8, 4) is 44.6 Å². The lowest BCUT2D eigenvalue weighted by Crippen LogP contribution is -1.93. The molecule has 2 nitrogen and oxygen atoms in total. The molecule has 2 heterocycles. The number of pyridine rings is 2. The molecule has 0 bridgehead atoms. The first kappa shape index (κ1) is 22.1. The Morgan fingerprint density at radius 1 is 0.368 bits per heavy atom. The lowest BCUT2D eigenvalue weighted by atomic mass is 9.94. The fourth-order valence-electron chi connectivity index (χ4n) is 5.24. The van der Waals surface area contributed by atoms with Crippen molar-refractivity contribution in [2.75, 3.05) is 0 Å². The highest BCUT2D eigenvalue weighted by molar-refractivity contribution is 6.12. The van der Waals surface area contributed by atoms with Gasteiger partial charge >= 0.3 is 0 Å². The molecule has 0 saturated carbocycles. The van der Waals surface area contributed by atoms with E-state index < -0.39 is 0 Å². The Balaban J connectivity index is 1.47. The fraction of sp³-hybridized carbons (Fsp3) is 0. The van der Waals surface area contributed by atoms with Crippen LogP contribution in [0.25, 0.3) is 66.4 Å². The molecule has 5 aromatic carbocycles. The first-order chi connectivity index (χ1) is 18.8. The van der Waals surface area contributed by atoms with Gasteiger partial charge in [-0.25, -0.2) is 4.98 Å². The molecule has 0 N–H and O–H groups in total. The maximum absolute atomic E-state index is 5.23. The summed E-state index contributed by atoms with van der Waals surface area (Å²) in [5.41, 5.74) is 10.9. The molecule has 0 saturated heterocycles. The van der Waals surface area contributed by atoms with Gasteiger partial charge in [0.2, 0.25) is 0 Å². The van der Waals surface area contributed by atoms with Gasteiger partial charge in [-0.1, -0.05) is 127 Å². The average Bonchev–Trinajstić information content (AvgIpc) is 3.01. The predicted octanol–water partition coefficient (Wildman–Crippen LogP) is 9.45. The summed E-state index contributed by atoms with van der Waals surface area (Å²) in [7, 11) is 0. The highest BCUT2D eigenvalue weighted by Crippen LogP contribution is 2.37. The van der Waals surface area contributed by atoms with Crippen LogP contribution in [0.2, 0.25) is 0 Å². The summed E-state index contributed by atoms with van der Waals surface area (Å²) in [6.45, 7) is 0. The number of hydrogen-bond acceptors (Lipinski definition) is 2. The second kappa shape index (κ2) is 9.42. The lowest BCUT2D eigenvalue weighted by Gasteiger charge is -2.14. The Morgan fingerprint density at radius 2 is 0.868 bits per heavy atom. The predicted molar refractivity (Wildman–Crippen MR) is 159 cm³/mol. The molecule has 0 aliphatic carbocycles. The van der Waals surface area contributed by atoms with Gasteiger partial charge in [-0.15, -0.1) is 0 Å². The van der Waals surface area contributed by atoms with Crippen LogP contribution < -0.4 is 0 Å². The van der Waals surface area contributed by atoms with Crippen LogP contribution >= 0.6 is 0 Å². The quantitative estimate of drug-likeness (QED) is 0.233. The molecule has 178 valence electrons. The molecule has 7 rings (SSSR count). The molecule has 0 spiro atoms. The third-order valence-corrected chi connectivity index (χ3v) is 7.15. The summed E-state index contributed by atoms with van der Waals surface area (Å²) < 4.78 is 0. The largest absolute Gasteiger partial charge is 0.254 e. The molecule has 7 aromatic rings. The molecule has 38 heavy (non-hydrogen) atoms. The van der Waals surface area contributed by atoms with E-state index in [1.54, 1.807) is 0 Å². The van der Waals surface area contributed by atoms with Gasteiger partial charge in [0.05, 0.1) is 16.7 Å². The maximum Gasteiger partial charge on any atom is 0.0978 e. The van der Waals surface area contributed by atoms with E-state index in [0.29, 0.717) is 0 Å². The minimum absolute atomic E-state index is 0.920. The Kier molecular flexibility index (Phi) is 5.49. The van der Waals surface area contributed by atoms with Gasteiger partial charge in [0.15, 0.2) is 0 Å². The van der Waals surface area contributed by atoms with Crippen molar-refractivity contribution in [3.05, 3.63) is 146 Å². The Hall–Kier alpha value is -5.08. The third-order valence-electron chi connectivity index (χ3n) is 7.15. The normalized spacial score (nSPS) is 11.2. The summed E-state index contributed by atoms with van der Waals surface area (Å²) in [6.07, 6.45) is 1.90. The van der Waals surface area contributed by atoms with E-state index in [1.807, 2.05) is 18.3 Å². The van der Waals surface area contributed by atoms with Gasteiger partial charge in [0.25, 0.3) is 0 Å². The summed E-state index contributed by atoms with van der Waals surface area (Å²) in [5.74, 6) is 0. The SMILES string of the molecule is c1ccc(-c2ccc(-c3cc(-c4ccccc4)c4ccc5c(-c6ccccc6)ccnc5c4n3)cc2)cc1. The summed E-state index contributed by atoms with van der Waals surface area (Å²) in [5, 5.41) is 2.21. The fourth-order valence-corrected chi connectivity index (χ4v) is 5.24. The van der Waals surface area contributed by atoms with Gasteiger partial charge in [0, 0.05) is 22.5 Å². The summed E-state index contributed by atoms with van der Waals surface area (Å²) >= 11 is 0. The van der Waals surface area contributed by atoms with Crippen LogP contribution in [0.3, 0.4) is 0 Å². The van der Waals surface area contributed by atoms with Crippen molar-refractivity contribution in [1.29, 1.82) is 0 Å². The highest BCUT2D eigenvalue weighted by atomic mass is 14.8. The molecular weight excluding hydrogens is 460 g/mol. The number of rotatable bonds is 4. The molecule has 0 aliphatic heterocycles. The molecular formula is C36H24N2. The van der Waals surface area contributed by atoms with Crippen molar-refractivity contribution >= 4 is 21.8 Å². The van der Waals surface area contributed by atoms with Gasteiger partial charge in [0.1, 0.15) is 0 Å². The van der Waals surface area contributed by atoms with Gasteiger partial charge in [-0.3, -0.25) is 4.98 Å². The number of aromatic nitrogens is 2. The van der Waals surface area contributed by atoms with Crippen molar-refractivity contribution in [2.45, 2.75) is 0 Å². The zero-order valence-corrected chi connectivity index (χ0v) is 20.8. The van der Waals surface area contributed by atoms with Crippen LogP contribution in [0, 0.1) is 0 Å². The van der Waals surface area contributed by atoms with Crippen molar-refractivity contribution in [1.82, 2.24) is 9.97 Å². The number of nitrogens with zero attached hydrogens (tertiary/aromatic N) is 2. The molecule has 0 atom stereocenters. The minimum atomic E-state index is 0.920. The monoisotopic (exact) mass is 484 g/mol. The minimum Gasteiger partial charge on any atom is -0.254 e. The topological polar surface area (TPSA) is 25.8 Å². The van der Waals surface area contributed by atoms with Crippen molar-refractivity contribution < 1.29 is 0 Å². The number of fused-ring (bicyclic) bond motifs is 3. The van der Waals surface area contributed by atoms with Gasteiger partial charge in [-0.2, -0.15) is 0 Å². The molecule has 0 amide bonds. The summed E-state index contributed by atoms with van der Waals surface area (Å²) in [4.78, 5) is 10.1. The van der Waals surface area contributed by atoms with E-state index in [-0.39, 0.29) is 0 Å². The van der Waals surface area contributed by atoms with E-state index >= 15 is 0 Å². The Labute approximate surface area is 221 Å². The smallest absolute Gasteiger partial charge is 0.0978 e. The second-order valence-corrected chi connectivity index (χ2v) is 9.45. The zero-order valence-electron chi connectivity index (χ0n) is 20.8. The van der Waals surface area contributed by atoms with Crippen LogP contribution in [0.15, 0.2) is 146 Å². The standard InChI is InChI=1S/C36H24N2/c1-4-10-25(11-5-1)26-16-18-29(19-17-26)34-24-33(28-14-8-3-9-15-28)32-21-20-31-30(27-12-6-2-7-13-27)22-23-37-35(31)36(32)38-34/h1-24H. The van der Waals surface area contributed by atoms with Crippen LogP contribution in [0.1, 0.15) is 0 Å². The van der Waals surface area contributed by atoms with Gasteiger partial charge in [-0.05, 0) is 45.5 Å². The third kappa shape index (κ3) is 3.93. The van der Waals surface area contributed by atoms with E-state index in [0.717, 1.165) is 44.2 Å². The second-order valence-electron chi connectivity index (χ2n) is 9.45. The number of benzene rings is 5. The first-order valence-electron chi connectivity index (χ1n) is 12.8. The van der Waals surface area contributed by atoms with E-state index in [2.05, 4.69) is 127 Å². The first-order valence-corrected chi connectivity index (χ1v) is 12.8. The van der Waals surface area contributed by atoms with Crippen LogP contribution in [-0.2, 0) is 0 Å². The molecule has 2 heteroatoms. The molecule has 0 unspecified atom stereocenters. The van der Waals surface area contributed by atoms with E-state index in [9.17, 15) is 0 Å². The Bertz CT molecular complexity index is 1880. The Morgan fingerprint density at radius 3 is 1.50 bits per heavy atom. The molecule has 2 aromatic heterocycles. The average molecular weight is 485 g/mol. The highest BCUT2D eigenvalue weighted by Gasteiger charge is 2.15. The molecule has 0 radical (unpaired) electrons. The molecule has 0 fully saturated rings. The maximum atomic E-state index is 5.23. The van der Waals surface area contributed by atoms with Crippen molar-refractivity contribution in [2.24, 2.45) is 0 Å². The van der Waals surface area contributed by atoms with Crippen LogP contribution in [0.4, 0.5) is 0 Å². The zero-order chi connectivity index (χ0) is 25.3. The van der Waals surface area contributed by atoms with Gasteiger partial charge < -0.3 is 0 Å². The van der Waals surface area contributed by atoms with Crippen LogP contribution in [0.5, 0.6) is 0 Å². The number of hydrogen-bond donors (Lipinski definition) is 0. The van der Waals surface area contributed by atoms with Crippen LogP contribution in [-0.4, -0.2) is 9.97 Å².